The molecule has 0 N–H and O–H groups in total. The van der Waals surface area contributed by atoms with Gasteiger partial charge in [0.25, 0.3) is 5.65 Å². The van der Waals surface area contributed by atoms with Crippen molar-refractivity contribution in [2.75, 3.05) is 18.0 Å². The normalized spacial score (nSPS) is 16.3. The van der Waals surface area contributed by atoms with Crippen LogP contribution in [0.2, 0.25) is 0 Å². The molecule has 0 spiro atoms. The molecule has 0 bridgehead atoms. The van der Waals surface area contributed by atoms with Crippen LogP contribution in [0.1, 0.15) is 19.3 Å². The average Bonchev–Trinajstić information content (AvgIpc) is 3.15. The summed E-state index contributed by atoms with van der Waals surface area (Å²) < 4.78 is 10.9. The van der Waals surface area contributed by atoms with Gasteiger partial charge in [-0.1, -0.05) is 5.21 Å². The molecule has 3 aromatic rings. The van der Waals surface area contributed by atoms with Gasteiger partial charge in [0.05, 0.1) is 0 Å². The molecule has 10 nitrogen and oxygen atoms in total. The van der Waals surface area contributed by atoms with Crippen LogP contribution in [0.4, 0.5) is 5.82 Å². The van der Waals surface area contributed by atoms with Crippen LogP contribution in [0.15, 0.2) is 9.26 Å². The molecular weight excluding hydrogens is 252 g/mol. The Labute approximate surface area is 106 Å². The summed E-state index contributed by atoms with van der Waals surface area (Å²) in [6.45, 7) is 1.85. The molecule has 0 unspecified atom stereocenters. The molecule has 3 aromatic heterocycles. The lowest BCUT2D eigenvalue weighted by molar-refractivity contribution is 0.302. The number of anilines is 1. The highest BCUT2D eigenvalue weighted by Crippen LogP contribution is 2.24. The number of piperidine rings is 1. The van der Waals surface area contributed by atoms with E-state index in [4.69, 9.17) is 4.63 Å². The first-order chi connectivity index (χ1) is 9.43. The SMILES string of the molecule is C1CCN(c2nonc2-n2nnc3nonc32)CC1. The number of fused-ring (bicyclic) bond motifs is 1. The maximum absolute atomic E-state index is 4.84. The number of rotatable bonds is 2. The molecule has 4 rings (SSSR count). The van der Waals surface area contributed by atoms with Crippen LogP contribution in [0.25, 0.3) is 17.1 Å². The van der Waals surface area contributed by atoms with Gasteiger partial charge in [0.2, 0.25) is 17.3 Å². The highest BCUT2D eigenvalue weighted by Gasteiger charge is 2.24. The Bertz CT molecular complexity index is 694. The van der Waals surface area contributed by atoms with Gasteiger partial charge in [-0.3, -0.25) is 0 Å². The van der Waals surface area contributed by atoms with E-state index in [9.17, 15) is 0 Å². The van der Waals surface area contributed by atoms with Crippen LogP contribution in [0, 0.1) is 0 Å². The molecule has 19 heavy (non-hydrogen) atoms. The summed E-state index contributed by atoms with van der Waals surface area (Å²) in [6, 6.07) is 0. The van der Waals surface area contributed by atoms with Crippen molar-refractivity contribution in [1.82, 2.24) is 35.6 Å². The third kappa shape index (κ3) is 1.56. The molecule has 1 saturated heterocycles. The smallest absolute Gasteiger partial charge is 0.265 e. The minimum absolute atomic E-state index is 0.326. The van der Waals surface area contributed by atoms with Gasteiger partial charge in [-0.2, -0.15) is 4.68 Å². The van der Waals surface area contributed by atoms with Crippen molar-refractivity contribution >= 4 is 17.1 Å². The molecule has 0 atom stereocenters. The Morgan fingerprint density at radius 3 is 2.53 bits per heavy atom. The standard InChI is InChI=1S/C9H10N8O2/c1-2-4-16(5-3-1)8-9(14-19-13-8)17-7-6(10-15-17)11-18-12-7/h1-5H2. The summed E-state index contributed by atoms with van der Waals surface area (Å²) >= 11 is 0. The Hall–Kier alpha value is -2.52. The van der Waals surface area contributed by atoms with Crippen molar-refractivity contribution < 1.29 is 9.26 Å². The van der Waals surface area contributed by atoms with Crippen molar-refractivity contribution in [2.45, 2.75) is 19.3 Å². The van der Waals surface area contributed by atoms with Crippen LogP contribution in [0.3, 0.4) is 0 Å². The van der Waals surface area contributed by atoms with Crippen molar-refractivity contribution in [2.24, 2.45) is 0 Å². The van der Waals surface area contributed by atoms with Gasteiger partial charge in [-0.25, -0.2) is 9.26 Å². The predicted molar refractivity (Wildman–Crippen MR) is 60.6 cm³/mol. The lowest BCUT2D eigenvalue weighted by atomic mass is 10.1. The number of hydrogen-bond donors (Lipinski definition) is 0. The van der Waals surface area contributed by atoms with Gasteiger partial charge in [-0.05, 0) is 39.9 Å². The molecule has 1 fully saturated rings. The first-order valence-corrected chi connectivity index (χ1v) is 6.05. The largest absolute Gasteiger partial charge is 0.351 e. The fourth-order valence-corrected chi connectivity index (χ4v) is 2.27. The molecule has 10 heteroatoms. The fourth-order valence-electron chi connectivity index (χ4n) is 2.27. The summed E-state index contributed by atoms with van der Waals surface area (Å²) in [5, 5.41) is 23.0. The Balaban J connectivity index is 1.79. The van der Waals surface area contributed by atoms with E-state index in [1.165, 1.54) is 11.1 Å². The monoisotopic (exact) mass is 262 g/mol. The molecule has 0 aliphatic carbocycles. The van der Waals surface area contributed by atoms with Gasteiger partial charge in [0.1, 0.15) is 0 Å². The van der Waals surface area contributed by atoms with E-state index in [1.807, 2.05) is 0 Å². The van der Waals surface area contributed by atoms with Crippen molar-refractivity contribution in [3.8, 4) is 5.82 Å². The molecule has 0 aromatic carbocycles. The van der Waals surface area contributed by atoms with Crippen LogP contribution in [-0.4, -0.2) is 48.7 Å². The van der Waals surface area contributed by atoms with Gasteiger partial charge in [-0.15, -0.1) is 5.10 Å². The van der Waals surface area contributed by atoms with Crippen molar-refractivity contribution in [3.05, 3.63) is 0 Å². The maximum Gasteiger partial charge on any atom is 0.265 e. The second-order valence-corrected chi connectivity index (χ2v) is 4.37. The van der Waals surface area contributed by atoms with E-state index in [1.54, 1.807) is 0 Å². The van der Waals surface area contributed by atoms with Crippen LogP contribution in [-0.2, 0) is 0 Å². The molecule has 0 saturated carbocycles. The first kappa shape index (κ1) is 10.4. The zero-order valence-corrected chi connectivity index (χ0v) is 9.93. The van der Waals surface area contributed by atoms with E-state index in [0.717, 1.165) is 25.9 Å². The van der Waals surface area contributed by atoms with E-state index < -0.39 is 0 Å². The van der Waals surface area contributed by atoms with E-state index in [-0.39, 0.29) is 0 Å². The molecule has 1 aliphatic heterocycles. The zero-order chi connectivity index (χ0) is 12.7. The van der Waals surface area contributed by atoms with Gasteiger partial charge >= 0.3 is 0 Å². The minimum atomic E-state index is 0.326. The third-order valence-electron chi connectivity index (χ3n) is 3.19. The molecular formula is C9H10N8O2. The predicted octanol–water partition coefficient (Wildman–Crippen LogP) is 0.177. The molecule has 0 radical (unpaired) electrons. The Kier molecular flexibility index (Phi) is 2.19. The summed E-state index contributed by atoms with van der Waals surface area (Å²) in [5.41, 5.74) is 0.724. The zero-order valence-electron chi connectivity index (χ0n) is 9.93. The first-order valence-electron chi connectivity index (χ1n) is 6.05. The van der Waals surface area contributed by atoms with Crippen molar-refractivity contribution in [3.63, 3.8) is 0 Å². The van der Waals surface area contributed by atoms with Crippen LogP contribution < -0.4 is 4.90 Å². The van der Waals surface area contributed by atoms with Crippen LogP contribution in [0.5, 0.6) is 0 Å². The summed E-state index contributed by atoms with van der Waals surface area (Å²) in [6.07, 6.45) is 3.49. The summed E-state index contributed by atoms with van der Waals surface area (Å²) in [5.74, 6) is 1.11. The van der Waals surface area contributed by atoms with Gasteiger partial charge in [0, 0.05) is 13.1 Å². The van der Waals surface area contributed by atoms with E-state index in [0.29, 0.717) is 22.9 Å². The summed E-state index contributed by atoms with van der Waals surface area (Å²) in [7, 11) is 0. The van der Waals surface area contributed by atoms with Gasteiger partial charge in [0.15, 0.2) is 0 Å². The molecule has 0 amide bonds. The fraction of sp³-hybridized carbons (Fsp3) is 0.556. The maximum atomic E-state index is 4.84. The average molecular weight is 262 g/mol. The van der Waals surface area contributed by atoms with E-state index in [2.05, 4.69) is 40.5 Å². The quantitative estimate of drug-likeness (QED) is 0.637. The van der Waals surface area contributed by atoms with Gasteiger partial charge < -0.3 is 4.90 Å². The molecule has 1 aliphatic rings. The Morgan fingerprint density at radius 2 is 1.63 bits per heavy atom. The molecule has 4 heterocycles. The highest BCUT2D eigenvalue weighted by molar-refractivity contribution is 5.67. The summed E-state index contributed by atoms with van der Waals surface area (Å²) in [4.78, 5) is 2.12. The Morgan fingerprint density at radius 1 is 0.842 bits per heavy atom. The minimum Gasteiger partial charge on any atom is -0.351 e. The number of aromatic nitrogens is 7. The third-order valence-corrected chi connectivity index (χ3v) is 3.19. The topological polar surface area (TPSA) is 112 Å². The number of hydrogen-bond acceptors (Lipinski definition) is 9. The number of nitrogens with zero attached hydrogens (tertiary/aromatic N) is 8. The second-order valence-electron chi connectivity index (χ2n) is 4.37. The lowest BCUT2D eigenvalue weighted by Gasteiger charge is -2.25. The van der Waals surface area contributed by atoms with E-state index >= 15 is 0 Å². The van der Waals surface area contributed by atoms with Crippen molar-refractivity contribution in [1.29, 1.82) is 0 Å². The van der Waals surface area contributed by atoms with Crippen LogP contribution >= 0.6 is 0 Å². The molecule has 98 valence electrons. The highest BCUT2D eigenvalue weighted by atomic mass is 16.6. The lowest BCUT2D eigenvalue weighted by Crippen LogP contribution is -2.30. The second kappa shape index (κ2) is 4.00.